The van der Waals surface area contributed by atoms with E-state index in [0.29, 0.717) is 49.4 Å². The molecule has 2 rings (SSSR count). The van der Waals surface area contributed by atoms with Crippen molar-refractivity contribution < 1.29 is 19.1 Å². The fourth-order valence-electron chi connectivity index (χ4n) is 3.75. The van der Waals surface area contributed by atoms with Crippen LogP contribution in [0.25, 0.3) is 0 Å². The van der Waals surface area contributed by atoms with E-state index in [4.69, 9.17) is 9.47 Å². The zero-order valence-electron chi connectivity index (χ0n) is 25.9. The van der Waals surface area contributed by atoms with E-state index in [1.54, 1.807) is 0 Å². The summed E-state index contributed by atoms with van der Waals surface area (Å²) in [6.45, 7) is 9.82. The first-order valence-electron chi connectivity index (χ1n) is 15.3. The first kappa shape index (κ1) is 39.9. The van der Waals surface area contributed by atoms with Crippen molar-refractivity contribution in [3.05, 3.63) is 60.7 Å². The Morgan fingerprint density at radius 3 is 1.32 bits per heavy atom. The van der Waals surface area contributed by atoms with Crippen molar-refractivity contribution in [1.29, 1.82) is 0 Å². The Labute approximate surface area is 272 Å². The average molecular weight is 710 g/mol. The average Bonchev–Trinajstić information content (AvgIpc) is 2.99. The van der Waals surface area contributed by atoms with Crippen LogP contribution in [0.5, 0.6) is 0 Å². The van der Waals surface area contributed by atoms with E-state index < -0.39 is 21.1 Å². The summed E-state index contributed by atoms with van der Waals surface area (Å²) >= 11 is 7.45. The third-order valence-corrected chi connectivity index (χ3v) is 10.5. The molecule has 0 aliphatic heterocycles. The molecule has 0 N–H and O–H groups in total. The van der Waals surface area contributed by atoms with Gasteiger partial charge in [0, 0.05) is 11.5 Å². The van der Waals surface area contributed by atoms with Gasteiger partial charge in [-0.15, -0.1) is 0 Å². The van der Waals surface area contributed by atoms with E-state index in [2.05, 4.69) is 114 Å². The molecule has 0 amide bonds. The molecule has 0 aliphatic rings. The normalized spacial score (nSPS) is 11.7. The van der Waals surface area contributed by atoms with Gasteiger partial charge in [0.25, 0.3) is 0 Å². The first-order chi connectivity index (χ1) is 19.9. The van der Waals surface area contributed by atoms with Crippen LogP contribution in [-0.4, -0.2) is 57.8 Å². The molecule has 2 aromatic rings. The number of rotatable bonds is 18. The van der Waals surface area contributed by atoms with Gasteiger partial charge in [0.15, 0.2) is 0 Å². The molecule has 41 heavy (non-hydrogen) atoms. The summed E-state index contributed by atoms with van der Waals surface area (Å²) in [5.41, 5.74) is 0. The van der Waals surface area contributed by atoms with Crippen LogP contribution >= 0.6 is 25.3 Å². The molecule has 0 aromatic heterocycles. The topological polar surface area (TPSA) is 52.6 Å². The molecule has 0 aliphatic carbocycles. The van der Waals surface area contributed by atoms with Crippen molar-refractivity contribution in [3.8, 4) is 0 Å². The number of carbonyl (C=O) groups excluding carboxylic acids is 2. The van der Waals surface area contributed by atoms with Gasteiger partial charge >= 0.3 is 101 Å². The van der Waals surface area contributed by atoms with E-state index in [1.165, 1.54) is 45.7 Å². The molecule has 0 heterocycles. The van der Waals surface area contributed by atoms with Crippen LogP contribution in [0.1, 0.15) is 91.9 Å². The zero-order valence-corrected chi connectivity index (χ0v) is 30.5. The number of hydrogen-bond acceptors (Lipinski definition) is 6. The van der Waals surface area contributed by atoms with Gasteiger partial charge in [-0.3, -0.25) is 9.59 Å². The predicted molar refractivity (Wildman–Crippen MR) is 183 cm³/mol. The van der Waals surface area contributed by atoms with Crippen LogP contribution in [0.15, 0.2) is 60.7 Å². The molecule has 0 saturated carbocycles. The summed E-state index contributed by atoms with van der Waals surface area (Å²) in [5.74, 6) is 2.00. The van der Waals surface area contributed by atoms with Gasteiger partial charge < -0.3 is 9.47 Å². The third kappa shape index (κ3) is 24.1. The van der Waals surface area contributed by atoms with Gasteiger partial charge in [0.05, 0.1) is 26.1 Å². The van der Waals surface area contributed by atoms with Crippen molar-refractivity contribution >= 4 is 65.5 Å². The predicted octanol–water partition coefficient (Wildman–Crippen LogP) is 7.47. The maximum absolute atomic E-state index is 11.1. The van der Waals surface area contributed by atoms with Crippen LogP contribution in [0, 0.1) is 11.8 Å². The molecule has 0 bridgehead atoms. The fraction of sp³-hybridized carbons (Fsp3) is 0.588. The van der Waals surface area contributed by atoms with Gasteiger partial charge in [-0.05, 0) is 24.7 Å². The molecule has 2 unspecified atom stereocenters. The number of esters is 2. The molecule has 7 heteroatoms. The standard InChI is InChI=1S/2C11H22O2S.2C6H5.Sn/c2*1-3-5-6-10(4-2)9-13-11(12)7-8-14;2*1-2-4-6-5-3-1;/h2*10,14H,3-9H2,1-2H3;2*1-5H;. The quantitative estimate of drug-likeness (QED) is 0.0959. The van der Waals surface area contributed by atoms with Crippen molar-refractivity contribution in [1.82, 2.24) is 0 Å². The monoisotopic (exact) mass is 710 g/mol. The van der Waals surface area contributed by atoms with Gasteiger partial charge in [-0.1, -0.05) is 66.2 Å². The minimum absolute atomic E-state index is 0.116. The number of hydrogen-bond donors (Lipinski definition) is 2. The van der Waals surface area contributed by atoms with Crippen LogP contribution < -0.4 is 7.16 Å². The Morgan fingerprint density at radius 2 is 1.02 bits per heavy atom. The second-order valence-corrected chi connectivity index (χ2v) is 14.9. The summed E-state index contributed by atoms with van der Waals surface area (Å²) in [5, 5.41) is 0. The summed E-state index contributed by atoms with van der Waals surface area (Å²) < 4.78 is 13.4. The first-order valence-corrected chi connectivity index (χ1v) is 19.5. The number of carbonyl (C=O) groups is 2. The molecule has 0 spiro atoms. The van der Waals surface area contributed by atoms with Crippen molar-refractivity contribution in [2.45, 2.75) is 91.9 Å². The fourth-order valence-corrected chi connectivity index (χ4v) is 7.12. The second-order valence-electron chi connectivity index (χ2n) is 10.0. The Bertz CT molecular complexity index is 796. The Hall–Kier alpha value is -1.12. The molecule has 2 aromatic carbocycles. The molecular formula is C34H54O4S2Sn. The van der Waals surface area contributed by atoms with E-state index in [0.717, 1.165) is 12.8 Å². The number of ether oxygens (including phenoxy) is 2. The molecule has 0 fully saturated rings. The van der Waals surface area contributed by atoms with Gasteiger partial charge in [0.2, 0.25) is 0 Å². The van der Waals surface area contributed by atoms with Crippen molar-refractivity contribution in [2.75, 3.05) is 24.7 Å². The van der Waals surface area contributed by atoms with Gasteiger partial charge in [0.1, 0.15) is 0 Å². The number of unbranched alkanes of at least 4 members (excludes halogenated alkanes) is 2. The van der Waals surface area contributed by atoms with E-state index in [-0.39, 0.29) is 11.9 Å². The van der Waals surface area contributed by atoms with Crippen molar-refractivity contribution in [3.63, 3.8) is 0 Å². The summed E-state index contributed by atoms with van der Waals surface area (Å²) in [7, 11) is 0. The third-order valence-electron chi connectivity index (χ3n) is 6.51. The molecule has 0 saturated heterocycles. The van der Waals surface area contributed by atoms with Gasteiger partial charge in [-0.25, -0.2) is 0 Å². The zero-order chi connectivity index (χ0) is 30.6. The van der Waals surface area contributed by atoms with E-state index in [9.17, 15) is 9.59 Å². The second kappa shape index (κ2) is 29.0. The van der Waals surface area contributed by atoms with E-state index >= 15 is 0 Å². The number of thiol groups is 2. The molecular weight excluding hydrogens is 655 g/mol. The van der Waals surface area contributed by atoms with Crippen LogP contribution in [0.2, 0.25) is 0 Å². The Kier molecular flexibility index (Phi) is 28.2. The van der Waals surface area contributed by atoms with E-state index in [1.807, 2.05) is 0 Å². The summed E-state index contributed by atoms with van der Waals surface area (Å²) in [6, 6.07) is 21.6. The molecule has 4 nitrogen and oxygen atoms in total. The maximum atomic E-state index is 11.1. The van der Waals surface area contributed by atoms with Crippen molar-refractivity contribution in [2.24, 2.45) is 11.8 Å². The van der Waals surface area contributed by atoms with Gasteiger partial charge in [-0.2, -0.15) is 25.3 Å². The molecule has 2 atom stereocenters. The van der Waals surface area contributed by atoms with Crippen LogP contribution in [-0.2, 0) is 19.1 Å². The summed E-state index contributed by atoms with van der Waals surface area (Å²) in [6.07, 6.45) is 10.2. The Morgan fingerprint density at radius 1 is 0.659 bits per heavy atom. The SMILES string of the molecule is CCCCC(CC)COC(=O)CCS.CCCCC(CC)COC(=O)CCS.c1cc[c]([Sn][c]2ccccc2)cc1. The molecule has 2 radical (unpaired) electrons. The minimum atomic E-state index is -0.517. The van der Waals surface area contributed by atoms with Crippen LogP contribution in [0.4, 0.5) is 0 Å². The molecule has 230 valence electrons. The number of benzene rings is 2. The summed E-state index contributed by atoms with van der Waals surface area (Å²) in [4.78, 5) is 22.1. The van der Waals surface area contributed by atoms with Crippen LogP contribution in [0.3, 0.4) is 0 Å². The Balaban J connectivity index is 0.000000585.